The fraction of sp³-hybridized carbons (Fsp3) is 0.435. The van der Waals surface area contributed by atoms with E-state index >= 15 is 0 Å². The monoisotopic (exact) mass is 396 g/mol. The van der Waals surface area contributed by atoms with E-state index in [4.69, 9.17) is 0 Å². The minimum Gasteiger partial charge on any atom is -0.352 e. The molecule has 6 heteroatoms. The first-order chi connectivity index (χ1) is 14.0. The van der Waals surface area contributed by atoms with Crippen molar-refractivity contribution in [2.45, 2.75) is 51.4 Å². The highest BCUT2D eigenvalue weighted by molar-refractivity contribution is 6.01. The van der Waals surface area contributed by atoms with E-state index in [2.05, 4.69) is 5.32 Å². The quantitative estimate of drug-likeness (QED) is 0.855. The van der Waals surface area contributed by atoms with Crippen LogP contribution in [0.15, 0.2) is 35.1 Å². The Bertz CT molecular complexity index is 988. The normalized spacial score (nSPS) is 17.1. The number of hydrogen-bond donors (Lipinski definition) is 1. The zero-order chi connectivity index (χ0) is 20.4. The summed E-state index contributed by atoms with van der Waals surface area (Å²) in [5.74, 6) is -0.486. The van der Waals surface area contributed by atoms with E-state index < -0.39 is 17.3 Å². The van der Waals surface area contributed by atoms with Gasteiger partial charge in [0.25, 0.3) is 11.5 Å². The number of Topliss-reactive ketones (excluding diaryl/α,β-unsaturated/α-hetero) is 1. The summed E-state index contributed by atoms with van der Waals surface area (Å²) in [6.45, 7) is 0.542. The molecule has 2 aromatic rings. The average Bonchev–Trinajstić information content (AvgIpc) is 2.74. The van der Waals surface area contributed by atoms with E-state index in [1.54, 1.807) is 0 Å². The van der Waals surface area contributed by atoms with Gasteiger partial charge >= 0.3 is 0 Å². The van der Waals surface area contributed by atoms with Gasteiger partial charge in [-0.15, -0.1) is 0 Å². The number of fused-ring (bicyclic) bond motifs is 1. The molecule has 0 spiro atoms. The summed E-state index contributed by atoms with van der Waals surface area (Å²) in [5.41, 5.74) is 0.985. The molecule has 1 aromatic heterocycles. The van der Waals surface area contributed by atoms with Crippen molar-refractivity contribution in [2.24, 2.45) is 5.92 Å². The molecule has 1 N–H and O–H groups in total. The van der Waals surface area contributed by atoms with Crippen LogP contribution in [-0.4, -0.2) is 22.8 Å². The number of carbonyl (C=O) groups is 2. The van der Waals surface area contributed by atoms with Crippen LogP contribution in [0, 0.1) is 11.7 Å². The Morgan fingerprint density at radius 1 is 1.03 bits per heavy atom. The number of carbonyl (C=O) groups excluding carboxylic acids is 2. The van der Waals surface area contributed by atoms with E-state index in [-0.39, 0.29) is 11.3 Å². The van der Waals surface area contributed by atoms with E-state index in [0.29, 0.717) is 48.7 Å². The predicted octanol–water partition coefficient (Wildman–Crippen LogP) is 3.81. The average molecular weight is 396 g/mol. The second-order valence-electron chi connectivity index (χ2n) is 8.03. The number of amides is 1. The summed E-state index contributed by atoms with van der Waals surface area (Å²) in [4.78, 5) is 38.6. The van der Waals surface area contributed by atoms with Crippen molar-refractivity contribution < 1.29 is 14.0 Å². The van der Waals surface area contributed by atoms with Gasteiger partial charge in [0.1, 0.15) is 11.4 Å². The molecule has 1 heterocycles. The Labute approximate surface area is 168 Å². The topological polar surface area (TPSA) is 68.2 Å². The second kappa shape index (κ2) is 8.31. The van der Waals surface area contributed by atoms with Crippen LogP contribution in [0.2, 0.25) is 0 Å². The van der Waals surface area contributed by atoms with Gasteiger partial charge < -0.3 is 5.32 Å². The molecule has 2 aliphatic carbocycles. The third-order valence-electron chi connectivity index (χ3n) is 6.03. The maximum atomic E-state index is 13.4. The first-order valence-electron chi connectivity index (χ1n) is 10.4. The van der Waals surface area contributed by atoms with Gasteiger partial charge in [0.2, 0.25) is 0 Å². The standard InChI is InChI=1S/C23H25FN2O3/c24-16-9-11-17(12-10-16)26-20-7-4-8-21(27)18(20)13-19(23(26)29)22(28)25-14-15-5-2-1-3-6-15/h9-13,15H,1-8,14H2,(H,25,28). The summed E-state index contributed by atoms with van der Waals surface area (Å²) in [6, 6.07) is 7.00. The molecule has 5 nitrogen and oxygen atoms in total. The first kappa shape index (κ1) is 19.6. The molecule has 1 amide bonds. The third-order valence-corrected chi connectivity index (χ3v) is 6.03. The van der Waals surface area contributed by atoms with Crippen LogP contribution in [0.5, 0.6) is 0 Å². The molecular formula is C23H25FN2O3. The predicted molar refractivity (Wildman–Crippen MR) is 108 cm³/mol. The number of nitrogens with one attached hydrogen (secondary N) is 1. The Morgan fingerprint density at radius 3 is 2.48 bits per heavy atom. The summed E-state index contributed by atoms with van der Waals surface area (Å²) in [7, 11) is 0. The van der Waals surface area contributed by atoms with Gasteiger partial charge in [-0.3, -0.25) is 19.0 Å². The molecule has 0 radical (unpaired) electrons. The molecule has 1 fully saturated rings. The number of aromatic nitrogens is 1. The van der Waals surface area contributed by atoms with Crippen molar-refractivity contribution in [1.82, 2.24) is 9.88 Å². The lowest BCUT2D eigenvalue weighted by atomic mass is 9.89. The highest BCUT2D eigenvalue weighted by atomic mass is 19.1. The lowest BCUT2D eigenvalue weighted by molar-refractivity contribution is 0.0941. The number of ketones is 1. The summed E-state index contributed by atoms with van der Waals surface area (Å²) in [6.07, 6.45) is 7.37. The van der Waals surface area contributed by atoms with Crippen LogP contribution in [0.1, 0.15) is 71.4 Å². The molecule has 4 rings (SSSR count). The highest BCUT2D eigenvalue weighted by Gasteiger charge is 2.26. The Kier molecular flexibility index (Phi) is 5.60. The first-order valence-corrected chi connectivity index (χ1v) is 10.4. The smallest absolute Gasteiger partial charge is 0.268 e. The number of pyridine rings is 1. The van der Waals surface area contributed by atoms with Crippen LogP contribution in [-0.2, 0) is 6.42 Å². The number of nitrogens with zero attached hydrogens (tertiary/aromatic N) is 1. The van der Waals surface area contributed by atoms with Gasteiger partial charge in [0.05, 0.1) is 0 Å². The largest absolute Gasteiger partial charge is 0.352 e. The van der Waals surface area contributed by atoms with Crippen molar-refractivity contribution in [1.29, 1.82) is 0 Å². The maximum absolute atomic E-state index is 13.4. The van der Waals surface area contributed by atoms with E-state index in [1.165, 1.54) is 54.2 Å². The van der Waals surface area contributed by atoms with E-state index in [9.17, 15) is 18.8 Å². The Balaban J connectivity index is 1.72. The fourth-order valence-corrected chi connectivity index (χ4v) is 4.44. The number of rotatable bonds is 4. The zero-order valence-corrected chi connectivity index (χ0v) is 16.4. The molecule has 1 aromatic carbocycles. The highest BCUT2D eigenvalue weighted by Crippen LogP contribution is 2.25. The van der Waals surface area contributed by atoms with Crippen LogP contribution in [0.3, 0.4) is 0 Å². The lowest BCUT2D eigenvalue weighted by Gasteiger charge is -2.23. The van der Waals surface area contributed by atoms with E-state index in [0.717, 1.165) is 12.8 Å². The third kappa shape index (κ3) is 4.02. The molecule has 0 unspecified atom stereocenters. The summed E-state index contributed by atoms with van der Waals surface area (Å²) >= 11 is 0. The van der Waals surface area contributed by atoms with Gasteiger partial charge in [0.15, 0.2) is 5.78 Å². The molecule has 1 saturated carbocycles. The molecular weight excluding hydrogens is 371 g/mol. The Hall–Kier alpha value is -2.76. The van der Waals surface area contributed by atoms with Gasteiger partial charge in [-0.1, -0.05) is 19.3 Å². The minimum atomic E-state index is -0.466. The number of benzene rings is 1. The molecule has 2 aliphatic rings. The molecule has 0 aliphatic heterocycles. The number of halogens is 1. The molecule has 0 bridgehead atoms. The van der Waals surface area contributed by atoms with Gasteiger partial charge in [-0.25, -0.2) is 4.39 Å². The zero-order valence-electron chi connectivity index (χ0n) is 16.4. The van der Waals surface area contributed by atoms with Gasteiger partial charge in [0, 0.05) is 29.9 Å². The van der Waals surface area contributed by atoms with Crippen molar-refractivity contribution >= 4 is 11.7 Å². The summed E-state index contributed by atoms with van der Waals surface area (Å²) < 4.78 is 14.8. The molecule has 29 heavy (non-hydrogen) atoms. The van der Waals surface area contributed by atoms with E-state index in [1.807, 2.05) is 0 Å². The fourth-order valence-electron chi connectivity index (χ4n) is 4.44. The van der Waals surface area contributed by atoms with Gasteiger partial charge in [-0.05, 0) is 61.9 Å². The van der Waals surface area contributed by atoms with Crippen molar-refractivity contribution in [3.8, 4) is 5.69 Å². The summed E-state index contributed by atoms with van der Waals surface area (Å²) in [5, 5.41) is 2.90. The number of hydrogen-bond acceptors (Lipinski definition) is 3. The molecule has 152 valence electrons. The van der Waals surface area contributed by atoms with Crippen LogP contribution in [0.25, 0.3) is 5.69 Å². The van der Waals surface area contributed by atoms with Crippen LogP contribution >= 0.6 is 0 Å². The molecule has 0 atom stereocenters. The Morgan fingerprint density at radius 2 is 1.76 bits per heavy atom. The second-order valence-corrected chi connectivity index (χ2v) is 8.03. The maximum Gasteiger partial charge on any atom is 0.268 e. The van der Waals surface area contributed by atoms with Crippen LogP contribution in [0.4, 0.5) is 4.39 Å². The van der Waals surface area contributed by atoms with Crippen molar-refractivity contribution in [2.75, 3.05) is 6.54 Å². The van der Waals surface area contributed by atoms with Crippen molar-refractivity contribution in [3.63, 3.8) is 0 Å². The SMILES string of the molecule is O=C1CCCc2c1cc(C(=O)NCC1CCCCC1)c(=O)n2-c1ccc(F)cc1. The van der Waals surface area contributed by atoms with Crippen molar-refractivity contribution in [3.05, 3.63) is 63.3 Å². The van der Waals surface area contributed by atoms with Crippen LogP contribution < -0.4 is 10.9 Å². The minimum absolute atomic E-state index is 0.0286. The molecule has 0 saturated heterocycles. The van der Waals surface area contributed by atoms with Gasteiger partial charge in [-0.2, -0.15) is 0 Å². The lowest BCUT2D eigenvalue weighted by Crippen LogP contribution is -2.37.